The summed E-state index contributed by atoms with van der Waals surface area (Å²) in [6.45, 7) is 6.30. The lowest BCUT2D eigenvalue weighted by atomic mass is 10.1. The van der Waals surface area contributed by atoms with Gasteiger partial charge in [-0.15, -0.1) is 0 Å². The summed E-state index contributed by atoms with van der Waals surface area (Å²) in [4.78, 5) is 20.5. The fourth-order valence-electron chi connectivity index (χ4n) is 2.50. The molecule has 3 N–H and O–H groups in total. The number of rotatable bonds is 6. The standard InChI is InChI=1S/C15H23N7O2S/c1-9(7-24-4)18-15(25)21-20-13(23)6-5-12-10(2)19-14-16-8-17-22(14)11(12)3/h8-9H,5-7H2,1-4H3,(H,20,23)(H2,18,21,25)/t9-/m1/s1. The molecule has 0 aliphatic heterocycles. The van der Waals surface area contributed by atoms with E-state index in [1.807, 2.05) is 20.8 Å². The second-order valence-electron chi connectivity index (χ2n) is 5.74. The van der Waals surface area contributed by atoms with Crippen molar-refractivity contribution in [1.82, 2.24) is 35.8 Å². The second-order valence-corrected chi connectivity index (χ2v) is 6.14. The van der Waals surface area contributed by atoms with E-state index >= 15 is 0 Å². The summed E-state index contributed by atoms with van der Waals surface area (Å²) in [6.07, 6.45) is 2.31. The Morgan fingerprint density at radius 2 is 2.16 bits per heavy atom. The molecule has 136 valence electrons. The lowest BCUT2D eigenvalue weighted by molar-refractivity contribution is -0.121. The first-order valence-corrected chi connectivity index (χ1v) is 8.33. The van der Waals surface area contributed by atoms with Crippen LogP contribution in [0.2, 0.25) is 0 Å². The van der Waals surface area contributed by atoms with E-state index in [1.165, 1.54) is 6.33 Å². The number of nitrogens with zero attached hydrogens (tertiary/aromatic N) is 4. The molecule has 0 spiro atoms. The molecule has 25 heavy (non-hydrogen) atoms. The van der Waals surface area contributed by atoms with Crippen LogP contribution >= 0.6 is 12.2 Å². The van der Waals surface area contributed by atoms with Crippen molar-refractivity contribution in [3.8, 4) is 0 Å². The molecule has 2 aromatic rings. The number of aromatic nitrogens is 4. The molecule has 0 unspecified atom stereocenters. The van der Waals surface area contributed by atoms with E-state index < -0.39 is 0 Å². The molecule has 2 heterocycles. The molecule has 0 aromatic carbocycles. The van der Waals surface area contributed by atoms with Crippen LogP contribution in [0.4, 0.5) is 0 Å². The predicted molar refractivity (Wildman–Crippen MR) is 96.9 cm³/mol. The third kappa shape index (κ3) is 5.07. The number of carbonyl (C=O) groups is 1. The smallest absolute Gasteiger partial charge is 0.252 e. The molecule has 10 heteroatoms. The summed E-state index contributed by atoms with van der Waals surface area (Å²) in [6, 6.07) is 0.0488. The lowest BCUT2D eigenvalue weighted by Crippen LogP contribution is -2.50. The minimum atomic E-state index is -0.166. The normalized spacial score (nSPS) is 12.0. The number of hydrogen-bond acceptors (Lipinski definition) is 6. The van der Waals surface area contributed by atoms with Crippen molar-refractivity contribution in [2.45, 2.75) is 39.7 Å². The Kier molecular flexibility index (Phi) is 6.59. The molecule has 2 aromatic heterocycles. The van der Waals surface area contributed by atoms with Crippen LogP contribution < -0.4 is 16.2 Å². The molecule has 1 amide bonds. The molecular weight excluding hydrogens is 342 g/mol. The summed E-state index contributed by atoms with van der Waals surface area (Å²) in [7, 11) is 1.62. The van der Waals surface area contributed by atoms with Gasteiger partial charge in [0.25, 0.3) is 5.78 Å². The van der Waals surface area contributed by atoms with E-state index in [1.54, 1.807) is 11.6 Å². The van der Waals surface area contributed by atoms with E-state index in [0.717, 1.165) is 17.0 Å². The van der Waals surface area contributed by atoms with Gasteiger partial charge in [-0.05, 0) is 45.0 Å². The maximum Gasteiger partial charge on any atom is 0.252 e. The van der Waals surface area contributed by atoms with Crippen LogP contribution in [0.5, 0.6) is 0 Å². The second kappa shape index (κ2) is 8.67. The number of carbonyl (C=O) groups excluding carboxylic acids is 1. The number of ether oxygens (including phenoxy) is 1. The van der Waals surface area contributed by atoms with Gasteiger partial charge in [0, 0.05) is 31.0 Å². The number of fused-ring (bicyclic) bond motifs is 1. The zero-order valence-electron chi connectivity index (χ0n) is 14.8. The molecule has 1 atom stereocenters. The van der Waals surface area contributed by atoms with Gasteiger partial charge >= 0.3 is 0 Å². The fourth-order valence-corrected chi connectivity index (χ4v) is 2.75. The van der Waals surface area contributed by atoms with Crippen molar-refractivity contribution in [3.63, 3.8) is 0 Å². The van der Waals surface area contributed by atoms with Crippen molar-refractivity contribution < 1.29 is 9.53 Å². The highest BCUT2D eigenvalue weighted by Crippen LogP contribution is 2.14. The van der Waals surface area contributed by atoms with Crippen LogP contribution in [0.1, 0.15) is 30.3 Å². The van der Waals surface area contributed by atoms with E-state index in [4.69, 9.17) is 17.0 Å². The highest BCUT2D eigenvalue weighted by atomic mass is 32.1. The Bertz CT molecular complexity index is 762. The van der Waals surface area contributed by atoms with Gasteiger partial charge in [0.15, 0.2) is 5.11 Å². The van der Waals surface area contributed by atoms with Crippen molar-refractivity contribution in [3.05, 3.63) is 23.3 Å². The highest BCUT2D eigenvalue weighted by molar-refractivity contribution is 7.80. The molecule has 0 saturated carbocycles. The quantitative estimate of drug-likeness (QED) is 0.493. The minimum Gasteiger partial charge on any atom is -0.383 e. The third-order valence-corrected chi connectivity index (χ3v) is 3.92. The average Bonchev–Trinajstić information content (AvgIpc) is 3.01. The Hall–Kier alpha value is -2.33. The summed E-state index contributed by atoms with van der Waals surface area (Å²) in [5, 5.41) is 7.48. The van der Waals surface area contributed by atoms with Crippen LogP contribution in [0.3, 0.4) is 0 Å². The molecule has 0 fully saturated rings. The van der Waals surface area contributed by atoms with E-state index in [9.17, 15) is 4.79 Å². The Morgan fingerprint density at radius 3 is 2.88 bits per heavy atom. The first kappa shape index (κ1) is 19.0. The highest BCUT2D eigenvalue weighted by Gasteiger charge is 2.12. The number of aryl methyl sites for hydroxylation is 2. The first-order chi connectivity index (χ1) is 11.9. The van der Waals surface area contributed by atoms with Crippen LogP contribution in [0.15, 0.2) is 6.33 Å². The lowest BCUT2D eigenvalue weighted by Gasteiger charge is -2.16. The molecule has 9 nitrogen and oxygen atoms in total. The third-order valence-electron chi connectivity index (χ3n) is 3.70. The molecule has 0 bridgehead atoms. The number of hydrazine groups is 1. The maximum absolute atomic E-state index is 12.0. The van der Waals surface area contributed by atoms with Gasteiger partial charge in [0.1, 0.15) is 6.33 Å². The van der Waals surface area contributed by atoms with Crippen molar-refractivity contribution in [1.29, 1.82) is 0 Å². The molecule has 0 aliphatic rings. The summed E-state index contributed by atoms with van der Waals surface area (Å²) >= 11 is 5.10. The minimum absolute atomic E-state index is 0.0488. The van der Waals surface area contributed by atoms with Crippen LogP contribution in [0, 0.1) is 13.8 Å². The molecule has 0 radical (unpaired) electrons. The van der Waals surface area contributed by atoms with Crippen molar-refractivity contribution >= 4 is 29.0 Å². The monoisotopic (exact) mass is 365 g/mol. The largest absolute Gasteiger partial charge is 0.383 e. The molecule has 0 saturated heterocycles. The average molecular weight is 365 g/mol. The van der Waals surface area contributed by atoms with Crippen molar-refractivity contribution in [2.24, 2.45) is 0 Å². The number of nitrogens with one attached hydrogen (secondary N) is 3. The maximum atomic E-state index is 12.0. The van der Waals surface area contributed by atoms with Crippen LogP contribution in [-0.2, 0) is 16.0 Å². The van der Waals surface area contributed by atoms with Crippen molar-refractivity contribution in [2.75, 3.05) is 13.7 Å². The van der Waals surface area contributed by atoms with Gasteiger partial charge in [0.2, 0.25) is 5.91 Å². The van der Waals surface area contributed by atoms with Gasteiger partial charge in [0.05, 0.1) is 6.61 Å². The summed E-state index contributed by atoms with van der Waals surface area (Å²) < 4.78 is 6.69. The van der Waals surface area contributed by atoms with Gasteiger partial charge < -0.3 is 10.1 Å². The van der Waals surface area contributed by atoms with Crippen LogP contribution in [0.25, 0.3) is 5.78 Å². The van der Waals surface area contributed by atoms with Gasteiger partial charge in [-0.3, -0.25) is 15.6 Å². The number of amides is 1. The Morgan fingerprint density at radius 1 is 1.40 bits per heavy atom. The zero-order chi connectivity index (χ0) is 18.4. The van der Waals surface area contributed by atoms with Crippen LogP contribution in [-0.4, -0.2) is 50.4 Å². The number of hydrogen-bond donors (Lipinski definition) is 3. The van der Waals surface area contributed by atoms with Gasteiger partial charge in [-0.2, -0.15) is 10.1 Å². The summed E-state index contributed by atoms with van der Waals surface area (Å²) in [5.74, 6) is 0.396. The van der Waals surface area contributed by atoms with Gasteiger partial charge in [-0.1, -0.05) is 0 Å². The summed E-state index contributed by atoms with van der Waals surface area (Å²) in [5.41, 5.74) is 8.04. The number of methoxy groups -OCH3 is 1. The molecule has 2 rings (SSSR count). The Labute approximate surface area is 151 Å². The molecule has 0 aliphatic carbocycles. The van der Waals surface area contributed by atoms with Gasteiger partial charge in [-0.25, -0.2) is 9.50 Å². The SMILES string of the molecule is COC[C@@H](C)NC(=S)NNC(=O)CCc1c(C)nc2ncnn2c1C. The van der Waals surface area contributed by atoms with E-state index in [-0.39, 0.29) is 11.9 Å². The predicted octanol–water partition coefficient (Wildman–Crippen LogP) is 0.204. The molecular formula is C15H23N7O2S. The van der Waals surface area contributed by atoms with E-state index in [0.29, 0.717) is 30.3 Å². The Balaban J connectivity index is 1.85. The zero-order valence-corrected chi connectivity index (χ0v) is 15.6. The van der Waals surface area contributed by atoms with E-state index in [2.05, 4.69) is 31.2 Å². The first-order valence-electron chi connectivity index (χ1n) is 7.92. The fraction of sp³-hybridized carbons (Fsp3) is 0.533. The topological polar surface area (TPSA) is 105 Å². The number of thiocarbonyl (C=S) groups is 1.